The Kier molecular flexibility index (Phi) is 7.60. The van der Waals surface area contributed by atoms with Gasteiger partial charge in [0.25, 0.3) is 0 Å². The van der Waals surface area contributed by atoms with Crippen LogP contribution >= 0.6 is 0 Å². The molecule has 4 aromatic carbocycles. The summed E-state index contributed by atoms with van der Waals surface area (Å²) in [6, 6.07) is 30.7. The molecule has 5 heteroatoms. The number of benzene rings is 4. The van der Waals surface area contributed by atoms with Gasteiger partial charge in [0.15, 0.2) is 0 Å². The molecule has 1 heterocycles. The van der Waals surface area contributed by atoms with E-state index in [1.54, 1.807) is 24.3 Å². The van der Waals surface area contributed by atoms with Crippen LogP contribution in [0.4, 0.5) is 0 Å². The zero-order valence-electron chi connectivity index (χ0n) is 21.8. The summed E-state index contributed by atoms with van der Waals surface area (Å²) in [6.45, 7) is 2.22. The van der Waals surface area contributed by atoms with Gasteiger partial charge in [0, 0.05) is 18.2 Å². The third-order valence-electron chi connectivity index (χ3n) is 6.48. The van der Waals surface area contributed by atoms with Gasteiger partial charge in [0.1, 0.15) is 19.4 Å². The number of carbonyl (C=O) groups is 2. The first-order chi connectivity index (χ1) is 19.0. The lowest BCUT2D eigenvalue weighted by atomic mass is 10.0. The summed E-state index contributed by atoms with van der Waals surface area (Å²) >= 11 is 0. The molecule has 0 aliphatic carbocycles. The first-order valence-corrected chi connectivity index (χ1v) is 12.7. The fourth-order valence-corrected chi connectivity index (χ4v) is 4.46. The standard InChI is InChI=1S/C34H28NO4/c1-24-16-19-27(20-17-24)39-34(37)33-28-13-7-8-14-30(28)35(2)31-22-25(18-21-29(31)33)10-6-9-15-32(36)38-23-26-11-4-3-5-12-26/h3-22H,23H2,1-2H3/q+1. The summed E-state index contributed by atoms with van der Waals surface area (Å²) in [6.07, 6.45) is 6.74. The Morgan fingerprint density at radius 1 is 0.795 bits per heavy atom. The number of hydrogen-bond donors (Lipinski definition) is 0. The normalized spacial score (nSPS) is 11.4. The SMILES string of the molecule is Cc1ccc(OC(=O)c2c3ccccc3[n+](C)c3cc(C=CC=CC(=O)OCc4ccccc4)ccc23)cc1. The van der Waals surface area contributed by atoms with Crippen LogP contribution in [0.1, 0.15) is 27.0 Å². The number of para-hydroxylation sites is 1. The van der Waals surface area contributed by atoms with Gasteiger partial charge < -0.3 is 9.47 Å². The fraction of sp³-hybridized carbons (Fsp3) is 0.0882. The number of pyridine rings is 1. The van der Waals surface area contributed by atoms with Gasteiger partial charge in [-0.1, -0.05) is 84.5 Å². The summed E-state index contributed by atoms with van der Waals surface area (Å²) in [5.74, 6) is -0.304. The van der Waals surface area contributed by atoms with E-state index in [-0.39, 0.29) is 6.61 Å². The number of aromatic nitrogens is 1. The van der Waals surface area contributed by atoms with Gasteiger partial charge in [0.05, 0.1) is 16.3 Å². The molecule has 0 unspecified atom stereocenters. The van der Waals surface area contributed by atoms with Crippen LogP contribution in [0.2, 0.25) is 0 Å². The monoisotopic (exact) mass is 514 g/mol. The summed E-state index contributed by atoms with van der Waals surface area (Å²) in [4.78, 5) is 25.5. The molecule has 0 aliphatic rings. The fourth-order valence-electron chi connectivity index (χ4n) is 4.46. The Morgan fingerprint density at radius 2 is 1.51 bits per heavy atom. The minimum Gasteiger partial charge on any atom is -0.458 e. The Bertz CT molecular complexity index is 1720. The number of ether oxygens (including phenoxy) is 2. The molecule has 0 radical (unpaired) electrons. The second-order valence-corrected chi connectivity index (χ2v) is 9.24. The number of esters is 2. The quantitative estimate of drug-likeness (QED) is 0.0609. The van der Waals surface area contributed by atoms with E-state index in [0.717, 1.165) is 38.5 Å². The van der Waals surface area contributed by atoms with Crippen LogP contribution in [0.25, 0.3) is 27.9 Å². The topological polar surface area (TPSA) is 56.5 Å². The van der Waals surface area contributed by atoms with E-state index in [9.17, 15) is 9.59 Å². The highest BCUT2D eigenvalue weighted by Crippen LogP contribution is 2.27. The molecule has 0 saturated heterocycles. The zero-order valence-corrected chi connectivity index (χ0v) is 21.8. The van der Waals surface area contributed by atoms with E-state index in [1.165, 1.54) is 6.08 Å². The predicted molar refractivity (Wildman–Crippen MR) is 153 cm³/mol. The third-order valence-corrected chi connectivity index (χ3v) is 6.48. The summed E-state index contributed by atoms with van der Waals surface area (Å²) in [5.41, 5.74) is 5.29. The molecule has 0 bridgehead atoms. The molecule has 0 fully saturated rings. The van der Waals surface area contributed by atoms with Gasteiger partial charge in [-0.25, -0.2) is 9.59 Å². The van der Waals surface area contributed by atoms with Gasteiger partial charge in [-0.2, -0.15) is 4.57 Å². The van der Waals surface area contributed by atoms with Crippen LogP contribution in [-0.4, -0.2) is 11.9 Å². The number of fused-ring (bicyclic) bond motifs is 2. The average molecular weight is 515 g/mol. The Hall–Kier alpha value is -5.03. The molecule has 0 aliphatic heterocycles. The molecule has 5 nitrogen and oxygen atoms in total. The van der Waals surface area contributed by atoms with Gasteiger partial charge in [0.2, 0.25) is 11.0 Å². The van der Waals surface area contributed by atoms with Crippen molar-refractivity contribution in [1.82, 2.24) is 0 Å². The van der Waals surface area contributed by atoms with E-state index < -0.39 is 11.9 Å². The van der Waals surface area contributed by atoms with Crippen LogP contribution in [0, 0.1) is 6.92 Å². The van der Waals surface area contributed by atoms with Gasteiger partial charge in [-0.05, 0) is 42.3 Å². The third kappa shape index (κ3) is 5.94. The van der Waals surface area contributed by atoms with Gasteiger partial charge in [-0.15, -0.1) is 0 Å². The number of aryl methyl sites for hydroxylation is 2. The predicted octanol–water partition coefficient (Wildman–Crippen LogP) is 6.66. The van der Waals surface area contributed by atoms with Crippen molar-refractivity contribution in [3.63, 3.8) is 0 Å². The Labute approximate surface area is 227 Å². The van der Waals surface area contributed by atoms with E-state index in [4.69, 9.17) is 9.47 Å². The molecule has 5 aromatic rings. The van der Waals surface area contributed by atoms with Gasteiger partial charge in [-0.3, -0.25) is 0 Å². The molecular formula is C34H28NO4+. The number of rotatable bonds is 7. The summed E-state index contributed by atoms with van der Waals surface area (Å²) < 4.78 is 13.1. The number of allylic oxidation sites excluding steroid dienone is 2. The molecular weight excluding hydrogens is 486 g/mol. The van der Waals surface area contributed by atoms with E-state index in [1.807, 2.05) is 105 Å². The van der Waals surface area contributed by atoms with Crippen molar-refractivity contribution >= 4 is 39.8 Å². The number of nitrogens with zero attached hydrogens (tertiary/aromatic N) is 1. The average Bonchev–Trinajstić information content (AvgIpc) is 2.96. The summed E-state index contributed by atoms with van der Waals surface area (Å²) in [7, 11) is 1.98. The van der Waals surface area contributed by atoms with Gasteiger partial charge >= 0.3 is 11.9 Å². The van der Waals surface area contributed by atoms with Crippen LogP contribution in [0.3, 0.4) is 0 Å². The maximum atomic E-state index is 13.4. The van der Waals surface area contributed by atoms with E-state index in [2.05, 4.69) is 4.57 Å². The maximum Gasteiger partial charge on any atom is 0.345 e. The minimum absolute atomic E-state index is 0.234. The molecule has 1 aromatic heterocycles. The molecule has 0 atom stereocenters. The smallest absolute Gasteiger partial charge is 0.345 e. The van der Waals surface area contributed by atoms with Crippen LogP contribution in [-0.2, 0) is 23.2 Å². The molecule has 0 N–H and O–H groups in total. The lowest BCUT2D eigenvalue weighted by molar-refractivity contribution is -0.617. The van der Waals surface area contributed by atoms with Crippen LogP contribution in [0.15, 0.2) is 115 Å². The Balaban J connectivity index is 1.40. The molecule has 0 amide bonds. The van der Waals surface area contributed by atoms with E-state index in [0.29, 0.717) is 11.3 Å². The molecule has 0 spiro atoms. The van der Waals surface area contributed by atoms with Crippen molar-refractivity contribution in [3.05, 3.63) is 138 Å². The van der Waals surface area contributed by atoms with Crippen molar-refractivity contribution in [2.45, 2.75) is 13.5 Å². The molecule has 39 heavy (non-hydrogen) atoms. The number of carbonyl (C=O) groups excluding carboxylic acids is 2. The lowest BCUT2D eigenvalue weighted by Gasteiger charge is -2.11. The van der Waals surface area contributed by atoms with Crippen molar-refractivity contribution in [3.8, 4) is 5.75 Å². The second kappa shape index (κ2) is 11.6. The van der Waals surface area contributed by atoms with Crippen molar-refractivity contribution < 1.29 is 23.6 Å². The van der Waals surface area contributed by atoms with Crippen LogP contribution < -0.4 is 9.30 Å². The molecule has 192 valence electrons. The first kappa shape index (κ1) is 25.6. The maximum absolute atomic E-state index is 13.4. The molecule has 0 saturated carbocycles. The largest absolute Gasteiger partial charge is 0.458 e. The number of hydrogen-bond acceptors (Lipinski definition) is 4. The van der Waals surface area contributed by atoms with Crippen molar-refractivity contribution in [2.24, 2.45) is 7.05 Å². The summed E-state index contributed by atoms with van der Waals surface area (Å²) in [5, 5.41) is 1.62. The Morgan fingerprint density at radius 3 is 2.31 bits per heavy atom. The highest BCUT2D eigenvalue weighted by atomic mass is 16.5. The van der Waals surface area contributed by atoms with Crippen molar-refractivity contribution in [1.29, 1.82) is 0 Å². The first-order valence-electron chi connectivity index (χ1n) is 12.7. The minimum atomic E-state index is -0.406. The molecule has 5 rings (SSSR count). The van der Waals surface area contributed by atoms with E-state index >= 15 is 0 Å². The zero-order chi connectivity index (χ0) is 27.2. The van der Waals surface area contributed by atoms with Crippen LogP contribution in [0.5, 0.6) is 5.75 Å². The highest BCUT2D eigenvalue weighted by Gasteiger charge is 2.24. The highest BCUT2D eigenvalue weighted by molar-refractivity contribution is 6.13. The van der Waals surface area contributed by atoms with Crippen molar-refractivity contribution in [2.75, 3.05) is 0 Å². The second-order valence-electron chi connectivity index (χ2n) is 9.24. The lowest BCUT2D eigenvalue weighted by Crippen LogP contribution is -2.31.